The van der Waals surface area contributed by atoms with Crippen LogP contribution in [0.3, 0.4) is 0 Å². The van der Waals surface area contributed by atoms with E-state index in [1.165, 1.54) is 0 Å². The Hall–Kier alpha value is -1.34. The second-order valence-electron chi connectivity index (χ2n) is 2.76. The van der Waals surface area contributed by atoms with Gasteiger partial charge in [0.25, 0.3) is 0 Å². The van der Waals surface area contributed by atoms with Crippen LogP contribution in [0, 0.1) is 11.3 Å². The third-order valence-corrected chi connectivity index (χ3v) is 1.33. The van der Waals surface area contributed by atoms with Gasteiger partial charge in [0.05, 0.1) is 18.9 Å². The second kappa shape index (κ2) is 2.72. The quantitative estimate of drug-likeness (QED) is 0.651. The summed E-state index contributed by atoms with van der Waals surface area (Å²) in [7, 11) is 0. The predicted molar refractivity (Wildman–Crippen MR) is 40.4 cm³/mol. The fraction of sp³-hybridized carbons (Fsp3) is 0.429. The molecule has 1 unspecified atom stereocenters. The lowest BCUT2D eigenvalue weighted by molar-refractivity contribution is 0.492. The molecule has 1 atom stereocenters. The molecule has 0 amide bonds. The predicted octanol–water partition coefficient (Wildman–Crippen LogP) is 0.124. The molecule has 11 heavy (non-hydrogen) atoms. The lowest BCUT2D eigenvalue weighted by Crippen LogP contribution is -2.38. The van der Waals surface area contributed by atoms with Crippen molar-refractivity contribution in [3.63, 3.8) is 0 Å². The molecule has 0 spiro atoms. The van der Waals surface area contributed by atoms with Crippen molar-refractivity contribution < 1.29 is 0 Å². The fourth-order valence-electron chi connectivity index (χ4n) is 0.795. The van der Waals surface area contributed by atoms with E-state index in [2.05, 4.69) is 4.98 Å². The van der Waals surface area contributed by atoms with Gasteiger partial charge in [-0.05, 0) is 6.92 Å². The maximum absolute atomic E-state index is 8.58. The third kappa shape index (κ3) is 2.06. The van der Waals surface area contributed by atoms with Crippen LogP contribution in [0.1, 0.15) is 6.92 Å². The molecule has 1 heterocycles. The Labute approximate surface area is 65.3 Å². The number of rotatable bonds is 2. The molecule has 0 saturated heterocycles. The molecule has 0 bridgehead atoms. The number of imidazole rings is 1. The van der Waals surface area contributed by atoms with E-state index in [-0.39, 0.29) is 0 Å². The van der Waals surface area contributed by atoms with Gasteiger partial charge in [0, 0.05) is 12.4 Å². The van der Waals surface area contributed by atoms with Crippen LogP contribution in [-0.4, -0.2) is 15.1 Å². The number of nitriles is 1. The molecule has 1 aromatic heterocycles. The largest absolute Gasteiger partial charge is 0.335 e. The molecule has 0 saturated carbocycles. The molecule has 2 N–H and O–H groups in total. The highest BCUT2D eigenvalue weighted by Gasteiger charge is 2.16. The van der Waals surface area contributed by atoms with Crippen molar-refractivity contribution in [3.05, 3.63) is 18.7 Å². The fourth-order valence-corrected chi connectivity index (χ4v) is 0.795. The van der Waals surface area contributed by atoms with Gasteiger partial charge in [-0.15, -0.1) is 0 Å². The smallest absolute Gasteiger partial charge is 0.119 e. The van der Waals surface area contributed by atoms with Crippen LogP contribution in [0.25, 0.3) is 0 Å². The summed E-state index contributed by atoms with van der Waals surface area (Å²) >= 11 is 0. The molecule has 0 aliphatic rings. The first kappa shape index (κ1) is 7.76. The molecule has 58 valence electrons. The molecule has 0 aliphatic heterocycles. The average Bonchev–Trinajstić information content (AvgIpc) is 2.39. The van der Waals surface area contributed by atoms with Gasteiger partial charge < -0.3 is 10.3 Å². The van der Waals surface area contributed by atoms with E-state index in [1.807, 2.05) is 6.07 Å². The maximum atomic E-state index is 8.58. The van der Waals surface area contributed by atoms with Crippen LogP contribution in [-0.2, 0) is 6.54 Å². The van der Waals surface area contributed by atoms with Crippen LogP contribution < -0.4 is 5.73 Å². The summed E-state index contributed by atoms with van der Waals surface area (Å²) in [6, 6.07) is 2.01. The first-order chi connectivity index (χ1) is 5.14. The molecule has 0 aliphatic carbocycles. The summed E-state index contributed by atoms with van der Waals surface area (Å²) in [5.74, 6) is 0. The number of hydrogen-bond acceptors (Lipinski definition) is 3. The van der Waals surface area contributed by atoms with Gasteiger partial charge in [-0.25, -0.2) is 4.98 Å². The zero-order valence-corrected chi connectivity index (χ0v) is 6.36. The Balaban J connectivity index is 2.65. The minimum Gasteiger partial charge on any atom is -0.335 e. The number of nitrogens with two attached hydrogens (primary N) is 1. The summed E-state index contributed by atoms with van der Waals surface area (Å²) in [5.41, 5.74) is 4.79. The molecule has 0 radical (unpaired) electrons. The van der Waals surface area contributed by atoms with Crippen molar-refractivity contribution >= 4 is 0 Å². The Morgan fingerprint density at radius 1 is 1.82 bits per heavy atom. The van der Waals surface area contributed by atoms with Crippen molar-refractivity contribution in [1.29, 1.82) is 5.26 Å². The Kier molecular flexibility index (Phi) is 1.92. The molecular weight excluding hydrogens is 140 g/mol. The first-order valence-corrected chi connectivity index (χ1v) is 3.30. The molecule has 0 fully saturated rings. The molecule has 1 rings (SSSR count). The van der Waals surface area contributed by atoms with Crippen molar-refractivity contribution in [3.8, 4) is 6.07 Å². The standard InChI is InChI=1S/C7H10N4/c1-7(9,4-8)5-11-3-2-10-6-11/h2-3,6H,5,9H2,1H3. The maximum Gasteiger partial charge on any atom is 0.119 e. The lowest BCUT2D eigenvalue weighted by Gasteiger charge is -2.14. The highest BCUT2D eigenvalue weighted by Crippen LogP contribution is 2.00. The molecule has 0 aromatic carbocycles. The van der Waals surface area contributed by atoms with Crippen LogP contribution in [0.15, 0.2) is 18.7 Å². The number of nitrogens with zero attached hydrogens (tertiary/aromatic N) is 3. The van der Waals surface area contributed by atoms with Crippen LogP contribution in [0.4, 0.5) is 0 Å². The number of aromatic nitrogens is 2. The van der Waals surface area contributed by atoms with Gasteiger partial charge >= 0.3 is 0 Å². The highest BCUT2D eigenvalue weighted by atomic mass is 15.0. The minimum atomic E-state index is -0.805. The second-order valence-corrected chi connectivity index (χ2v) is 2.76. The minimum absolute atomic E-state index is 0.476. The highest BCUT2D eigenvalue weighted by molar-refractivity contribution is 5.01. The molecule has 1 aromatic rings. The zero-order chi connectivity index (χ0) is 8.32. The van der Waals surface area contributed by atoms with E-state index >= 15 is 0 Å². The molecule has 4 heteroatoms. The van der Waals surface area contributed by atoms with E-state index in [0.29, 0.717) is 6.54 Å². The monoisotopic (exact) mass is 150 g/mol. The Morgan fingerprint density at radius 3 is 3.00 bits per heavy atom. The van der Waals surface area contributed by atoms with Crippen molar-refractivity contribution in [2.24, 2.45) is 5.73 Å². The van der Waals surface area contributed by atoms with Gasteiger partial charge in [-0.3, -0.25) is 0 Å². The average molecular weight is 150 g/mol. The Bertz CT molecular complexity index is 254. The lowest BCUT2D eigenvalue weighted by atomic mass is 10.1. The normalized spacial score (nSPS) is 15.4. The van der Waals surface area contributed by atoms with E-state index < -0.39 is 5.54 Å². The summed E-state index contributed by atoms with van der Waals surface area (Å²) < 4.78 is 1.78. The van der Waals surface area contributed by atoms with Crippen LogP contribution >= 0.6 is 0 Å². The Morgan fingerprint density at radius 2 is 2.55 bits per heavy atom. The van der Waals surface area contributed by atoms with E-state index in [4.69, 9.17) is 11.0 Å². The van der Waals surface area contributed by atoms with Crippen LogP contribution in [0.2, 0.25) is 0 Å². The van der Waals surface area contributed by atoms with E-state index in [0.717, 1.165) is 0 Å². The SMILES string of the molecule is CC(N)(C#N)Cn1ccnc1. The third-order valence-electron chi connectivity index (χ3n) is 1.33. The first-order valence-electron chi connectivity index (χ1n) is 3.30. The van der Waals surface area contributed by atoms with E-state index in [1.54, 1.807) is 30.2 Å². The summed E-state index contributed by atoms with van der Waals surface area (Å²) in [5, 5.41) is 8.58. The van der Waals surface area contributed by atoms with Crippen LogP contribution in [0.5, 0.6) is 0 Å². The van der Waals surface area contributed by atoms with E-state index in [9.17, 15) is 0 Å². The van der Waals surface area contributed by atoms with Gasteiger partial charge in [0.2, 0.25) is 0 Å². The van der Waals surface area contributed by atoms with Gasteiger partial charge in [0.15, 0.2) is 0 Å². The zero-order valence-electron chi connectivity index (χ0n) is 6.36. The van der Waals surface area contributed by atoms with Crippen molar-refractivity contribution in [2.45, 2.75) is 19.0 Å². The van der Waals surface area contributed by atoms with Gasteiger partial charge in [-0.1, -0.05) is 0 Å². The van der Waals surface area contributed by atoms with Gasteiger partial charge in [-0.2, -0.15) is 5.26 Å². The van der Waals surface area contributed by atoms with Crippen molar-refractivity contribution in [2.75, 3.05) is 0 Å². The summed E-state index contributed by atoms with van der Waals surface area (Å²) in [6.45, 7) is 2.16. The summed E-state index contributed by atoms with van der Waals surface area (Å²) in [6.07, 6.45) is 5.08. The topological polar surface area (TPSA) is 67.6 Å². The van der Waals surface area contributed by atoms with Crippen molar-refractivity contribution in [1.82, 2.24) is 9.55 Å². The molecular formula is C7H10N4. The summed E-state index contributed by atoms with van der Waals surface area (Å²) in [4.78, 5) is 3.84. The number of hydrogen-bond donors (Lipinski definition) is 1. The van der Waals surface area contributed by atoms with Gasteiger partial charge in [0.1, 0.15) is 5.54 Å². The molecule has 4 nitrogen and oxygen atoms in total.